The lowest BCUT2D eigenvalue weighted by molar-refractivity contribution is 0.104. The lowest BCUT2D eigenvalue weighted by Crippen LogP contribution is -2.46. The van der Waals surface area contributed by atoms with Crippen molar-refractivity contribution in [2.45, 2.75) is 25.5 Å². The van der Waals surface area contributed by atoms with Crippen molar-refractivity contribution in [2.75, 3.05) is 37.7 Å². The van der Waals surface area contributed by atoms with Crippen molar-refractivity contribution in [3.63, 3.8) is 0 Å². The Kier molecular flexibility index (Phi) is 4.66. The van der Waals surface area contributed by atoms with E-state index >= 15 is 0 Å². The van der Waals surface area contributed by atoms with E-state index in [-0.39, 0.29) is 6.10 Å². The van der Waals surface area contributed by atoms with E-state index in [9.17, 15) is 0 Å². The van der Waals surface area contributed by atoms with Crippen LogP contribution in [0.5, 0.6) is 0 Å². The zero-order valence-corrected chi connectivity index (χ0v) is 13.8. The van der Waals surface area contributed by atoms with Crippen LogP contribution in [0.3, 0.4) is 0 Å². The molecular weight excluding hydrogens is 302 g/mol. The Morgan fingerprint density at radius 1 is 1.04 bits per heavy atom. The minimum absolute atomic E-state index is 0.0888. The van der Waals surface area contributed by atoms with Gasteiger partial charge in [0.25, 0.3) is 0 Å². The Labute approximate surface area is 142 Å². The second-order valence-corrected chi connectivity index (χ2v) is 6.36. The van der Waals surface area contributed by atoms with Gasteiger partial charge in [-0.3, -0.25) is 4.90 Å². The lowest BCUT2D eigenvalue weighted by atomic mass is 10.2. The average Bonchev–Trinajstić information content (AvgIpc) is 3.18. The van der Waals surface area contributed by atoms with Crippen LogP contribution in [-0.4, -0.2) is 52.6 Å². The molecule has 4 heterocycles. The van der Waals surface area contributed by atoms with Crippen molar-refractivity contribution in [3.05, 3.63) is 48.2 Å². The third kappa shape index (κ3) is 3.55. The van der Waals surface area contributed by atoms with Gasteiger partial charge in [-0.1, -0.05) is 6.07 Å². The monoisotopic (exact) mass is 325 g/mol. The number of aromatic nitrogens is 3. The van der Waals surface area contributed by atoms with Crippen LogP contribution < -0.4 is 4.90 Å². The first-order chi connectivity index (χ1) is 11.9. The molecule has 2 aromatic heterocycles. The summed E-state index contributed by atoms with van der Waals surface area (Å²) in [5.41, 5.74) is 1.08. The first-order valence-corrected chi connectivity index (χ1v) is 8.70. The minimum Gasteiger partial charge on any atom is -0.370 e. The molecule has 0 N–H and O–H groups in total. The fourth-order valence-corrected chi connectivity index (χ4v) is 3.34. The number of hydrogen-bond acceptors (Lipinski definition) is 6. The van der Waals surface area contributed by atoms with Crippen molar-refractivity contribution < 1.29 is 4.74 Å². The van der Waals surface area contributed by atoms with Crippen LogP contribution in [0.2, 0.25) is 0 Å². The third-order valence-corrected chi connectivity index (χ3v) is 4.68. The van der Waals surface area contributed by atoms with Crippen molar-refractivity contribution in [3.8, 4) is 0 Å². The summed E-state index contributed by atoms with van der Waals surface area (Å²) in [7, 11) is 0. The minimum atomic E-state index is 0.0888. The summed E-state index contributed by atoms with van der Waals surface area (Å²) in [6.07, 6.45) is 5.95. The standard InChI is InChI=1S/C18H23N5O/c1-2-7-19-17(5-1)23-11-9-22(10-12-23)14-15-6-8-20-18(21-15)16-4-3-13-24-16/h1-2,5-8,16H,3-4,9-14H2/t16-/m0/s1. The molecule has 126 valence electrons. The molecule has 1 atom stereocenters. The van der Waals surface area contributed by atoms with E-state index in [4.69, 9.17) is 9.72 Å². The topological polar surface area (TPSA) is 54.4 Å². The molecule has 0 spiro atoms. The second kappa shape index (κ2) is 7.23. The van der Waals surface area contributed by atoms with Gasteiger partial charge in [0.1, 0.15) is 11.9 Å². The van der Waals surface area contributed by atoms with Gasteiger partial charge in [-0.2, -0.15) is 0 Å². The fraction of sp³-hybridized carbons (Fsp3) is 0.500. The van der Waals surface area contributed by atoms with Crippen LogP contribution >= 0.6 is 0 Å². The number of nitrogens with zero attached hydrogens (tertiary/aromatic N) is 5. The van der Waals surface area contributed by atoms with Gasteiger partial charge in [0.05, 0.1) is 5.69 Å². The normalized spacial score (nSPS) is 22.0. The summed E-state index contributed by atoms with van der Waals surface area (Å²) < 4.78 is 5.69. The van der Waals surface area contributed by atoms with Gasteiger partial charge in [-0.25, -0.2) is 15.0 Å². The van der Waals surface area contributed by atoms with Crippen LogP contribution in [0.15, 0.2) is 36.7 Å². The summed E-state index contributed by atoms with van der Waals surface area (Å²) in [6, 6.07) is 8.10. The predicted octanol–water partition coefficient (Wildman–Crippen LogP) is 2.05. The zero-order valence-electron chi connectivity index (χ0n) is 13.8. The molecule has 0 amide bonds. The molecule has 0 unspecified atom stereocenters. The summed E-state index contributed by atoms with van der Waals surface area (Å²) >= 11 is 0. The molecule has 0 aromatic carbocycles. The van der Waals surface area contributed by atoms with Crippen LogP contribution in [-0.2, 0) is 11.3 Å². The maximum Gasteiger partial charge on any atom is 0.157 e. The van der Waals surface area contributed by atoms with E-state index < -0.39 is 0 Å². The number of piperazine rings is 1. The molecule has 2 aromatic rings. The van der Waals surface area contributed by atoms with Gasteiger partial charge in [-0.15, -0.1) is 0 Å². The van der Waals surface area contributed by atoms with Crippen LogP contribution in [0.1, 0.15) is 30.5 Å². The largest absolute Gasteiger partial charge is 0.370 e. The smallest absolute Gasteiger partial charge is 0.157 e. The summed E-state index contributed by atoms with van der Waals surface area (Å²) in [5.74, 6) is 1.91. The summed E-state index contributed by atoms with van der Waals surface area (Å²) in [5, 5.41) is 0. The van der Waals surface area contributed by atoms with E-state index in [1.54, 1.807) is 0 Å². The molecule has 6 nitrogen and oxygen atoms in total. The van der Waals surface area contributed by atoms with Gasteiger partial charge in [0.15, 0.2) is 5.82 Å². The molecule has 0 bridgehead atoms. The predicted molar refractivity (Wildman–Crippen MR) is 91.7 cm³/mol. The fourth-order valence-electron chi connectivity index (χ4n) is 3.34. The van der Waals surface area contributed by atoms with E-state index in [2.05, 4.69) is 25.8 Å². The average molecular weight is 325 g/mol. The van der Waals surface area contributed by atoms with Crippen molar-refractivity contribution in [1.29, 1.82) is 0 Å². The first kappa shape index (κ1) is 15.5. The highest BCUT2D eigenvalue weighted by atomic mass is 16.5. The molecule has 0 radical (unpaired) electrons. The maximum absolute atomic E-state index is 5.69. The molecule has 4 rings (SSSR count). The summed E-state index contributed by atoms with van der Waals surface area (Å²) in [6.45, 7) is 5.75. The van der Waals surface area contributed by atoms with Crippen LogP contribution in [0.25, 0.3) is 0 Å². The molecule has 2 fully saturated rings. The number of pyridine rings is 1. The Morgan fingerprint density at radius 3 is 2.71 bits per heavy atom. The highest BCUT2D eigenvalue weighted by Crippen LogP contribution is 2.25. The third-order valence-electron chi connectivity index (χ3n) is 4.68. The van der Waals surface area contributed by atoms with Crippen molar-refractivity contribution in [1.82, 2.24) is 19.9 Å². The molecular formula is C18H23N5O. The van der Waals surface area contributed by atoms with Gasteiger partial charge in [0.2, 0.25) is 0 Å². The molecule has 2 saturated heterocycles. The highest BCUT2D eigenvalue weighted by molar-refractivity contribution is 5.38. The number of ether oxygens (including phenoxy) is 1. The molecule has 2 aliphatic heterocycles. The van der Waals surface area contributed by atoms with E-state index in [1.807, 2.05) is 30.6 Å². The van der Waals surface area contributed by atoms with Gasteiger partial charge in [0, 0.05) is 51.7 Å². The number of anilines is 1. The quantitative estimate of drug-likeness (QED) is 0.857. The highest BCUT2D eigenvalue weighted by Gasteiger charge is 2.22. The molecule has 24 heavy (non-hydrogen) atoms. The molecule has 0 saturated carbocycles. The molecule has 6 heteroatoms. The van der Waals surface area contributed by atoms with Crippen molar-refractivity contribution >= 4 is 5.82 Å². The van der Waals surface area contributed by atoms with Gasteiger partial charge in [-0.05, 0) is 31.0 Å². The SMILES string of the molecule is c1ccc(N2CCN(Cc3ccnc([C@@H]4CCCO4)n3)CC2)nc1. The molecule has 0 aliphatic carbocycles. The van der Waals surface area contributed by atoms with Gasteiger partial charge >= 0.3 is 0 Å². The van der Waals surface area contributed by atoms with Crippen LogP contribution in [0, 0.1) is 0 Å². The van der Waals surface area contributed by atoms with E-state index in [1.165, 1.54) is 0 Å². The molecule has 2 aliphatic rings. The first-order valence-electron chi connectivity index (χ1n) is 8.70. The van der Waals surface area contributed by atoms with Gasteiger partial charge < -0.3 is 9.64 Å². The maximum atomic E-state index is 5.69. The second-order valence-electron chi connectivity index (χ2n) is 6.36. The summed E-state index contributed by atoms with van der Waals surface area (Å²) in [4.78, 5) is 18.3. The Morgan fingerprint density at radius 2 is 1.96 bits per heavy atom. The number of hydrogen-bond donors (Lipinski definition) is 0. The number of rotatable bonds is 4. The van der Waals surface area contributed by atoms with Crippen LogP contribution in [0.4, 0.5) is 5.82 Å². The Bertz CT molecular complexity index is 651. The zero-order chi connectivity index (χ0) is 16.2. The Balaban J connectivity index is 1.34. The Hall–Kier alpha value is -2.05. The van der Waals surface area contributed by atoms with E-state index in [0.29, 0.717) is 0 Å². The van der Waals surface area contributed by atoms with Crippen molar-refractivity contribution in [2.24, 2.45) is 0 Å². The van der Waals surface area contributed by atoms with E-state index in [0.717, 1.165) is 69.5 Å². The lowest BCUT2D eigenvalue weighted by Gasteiger charge is -2.35.